The number of rotatable bonds is 5. The number of nitrogens with zero attached hydrogens (tertiary/aromatic N) is 2. The lowest BCUT2D eigenvalue weighted by Crippen LogP contribution is -2.38. The molecule has 0 saturated heterocycles. The van der Waals surface area contributed by atoms with Crippen LogP contribution < -0.4 is 11.1 Å². The Balaban J connectivity index is 2.43. The number of aliphatic hydroxyl groups is 1. The van der Waals surface area contributed by atoms with Crippen LogP contribution in [0.1, 0.15) is 18.7 Å². The molecule has 6 heteroatoms. The van der Waals surface area contributed by atoms with Gasteiger partial charge in [0, 0.05) is 31.2 Å². The van der Waals surface area contributed by atoms with Crippen LogP contribution in [0.25, 0.3) is 0 Å². The van der Waals surface area contributed by atoms with Crippen LogP contribution in [0.15, 0.2) is 18.6 Å². The number of hydrogen-bond acceptors (Lipinski definition) is 5. The van der Waals surface area contributed by atoms with Crippen molar-refractivity contribution in [2.45, 2.75) is 19.1 Å². The lowest BCUT2D eigenvalue weighted by Gasteiger charge is -2.14. The third-order valence-electron chi connectivity index (χ3n) is 1.97. The SMILES string of the molecule is CC(NCC(O)C(N)=O)c1cnccn1. The van der Waals surface area contributed by atoms with Crippen LogP contribution in [0.3, 0.4) is 0 Å². The van der Waals surface area contributed by atoms with Crippen molar-refractivity contribution < 1.29 is 9.90 Å². The number of primary amides is 1. The standard InChI is InChI=1S/C9H14N4O2/c1-6(7-4-11-2-3-12-7)13-5-8(14)9(10)15/h2-4,6,8,13-14H,5H2,1H3,(H2,10,15). The first-order valence-electron chi connectivity index (χ1n) is 4.58. The topological polar surface area (TPSA) is 101 Å². The quantitative estimate of drug-likeness (QED) is 0.577. The maximum Gasteiger partial charge on any atom is 0.247 e. The fourth-order valence-corrected chi connectivity index (χ4v) is 1.03. The van der Waals surface area contributed by atoms with Gasteiger partial charge in [-0.25, -0.2) is 0 Å². The number of carbonyl (C=O) groups is 1. The largest absolute Gasteiger partial charge is 0.382 e. The number of nitrogens with one attached hydrogen (secondary N) is 1. The molecule has 0 aliphatic rings. The zero-order valence-electron chi connectivity index (χ0n) is 8.42. The Kier molecular flexibility index (Phi) is 4.14. The molecule has 1 amide bonds. The Morgan fingerprint density at radius 3 is 2.93 bits per heavy atom. The highest BCUT2D eigenvalue weighted by Gasteiger charge is 2.13. The summed E-state index contributed by atoms with van der Waals surface area (Å²) in [5.41, 5.74) is 5.65. The first-order valence-corrected chi connectivity index (χ1v) is 4.58. The number of aliphatic hydroxyl groups excluding tert-OH is 1. The second kappa shape index (κ2) is 5.38. The highest BCUT2D eigenvalue weighted by Crippen LogP contribution is 2.05. The number of aromatic nitrogens is 2. The van der Waals surface area contributed by atoms with Gasteiger partial charge in [0.25, 0.3) is 0 Å². The Morgan fingerprint density at radius 1 is 1.67 bits per heavy atom. The predicted molar refractivity (Wildman–Crippen MR) is 53.7 cm³/mol. The normalized spacial score (nSPS) is 14.5. The minimum absolute atomic E-state index is 0.0901. The first kappa shape index (κ1) is 11.5. The molecule has 2 atom stereocenters. The molecule has 0 radical (unpaired) electrons. The third-order valence-corrected chi connectivity index (χ3v) is 1.97. The Hall–Kier alpha value is -1.53. The molecule has 6 nitrogen and oxygen atoms in total. The van der Waals surface area contributed by atoms with Gasteiger partial charge in [0.05, 0.1) is 5.69 Å². The molecule has 1 aromatic rings. The van der Waals surface area contributed by atoms with Gasteiger partial charge in [0.2, 0.25) is 5.91 Å². The van der Waals surface area contributed by atoms with Crippen LogP contribution in [0.2, 0.25) is 0 Å². The van der Waals surface area contributed by atoms with E-state index in [-0.39, 0.29) is 12.6 Å². The van der Waals surface area contributed by atoms with Crippen molar-refractivity contribution in [3.8, 4) is 0 Å². The van der Waals surface area contributed by atoms with Gasteiger partial charge >= 0.3 is 0 Å². The summed E-state index contributed by atoms with van der Waals surface area (Å²) < 4.78 is 0. The van der Waals surface area contributed by atoms with Crippen molar-refractivity contribution in [2.24, 2.45) is 5.73 Å². The number of hydrogen-bond donors (Lipinski definition) is 3. The summed E-state index contributed by atoms with van der Waals surface area (Å²) in [5.74, 6) is -0.742. The molecule has 82 valence electrons. The molecule has 0 bridgehead atoms. The molecular formula is C9H14N4O2. The summed E-state index contributed by atoms with van der Waals surface area (Å²) >= 11 is 0. The minimum atomic E-state index is -1.18. The number of carbonyl (C=O) groups excluding carboxylic acids is 1. The van der Waals surface area contributed by atoms with Crippen LogP contribution in [0, 0.1) is 0 Å². The predicted octanol–water partition coefficient (Wildman–Crippen LogP) is -1.03. The van der Waals surface area contributed by atoms with Gasteiger partial charge in [-0.15, -0.1) is 0 Å². The number of nitrogens with two attached hydrogens (primary N) is 1. The average Bonchev–Trinajstić information content (AvgIpc) is 2.26. The molecule has 1 heterocycles. The molecule has 1 rings (SSSR count). The molecule has 1 aromatic heterocycles. The Morgan fingerprint density at radius 2 is 2.40 bits per heavy atom. The second-order valence-electron chi connectivity index (χ2n) is 3.18. The van der Waals surface area contributed by atoms with E-state index in [1.165, 1.54) is 0 Å². The number of amides is 1. The van der Waals surface area contributed by atoms with E-state index in [1.54, 1.807) is 18.6 Å². The van der Waals surface area contributed by atoms with E-state index in [0.717, 1.165) is 5.69 Å². The molecule has 0 aromatic carbocycles. The molecule has 0 saturated carbocycles. The summed E-state index contributed by atoms with van der Waals surface area (Å²) in [6.45, 7) is 1.96. The van der Waals surface area contributed by atoms with E-state index in [0.29, 0.717) is 0 Å². The molecule has 0 aliphatic carbocycles. The van der Waals surface area contributed by atoms with Crippen molar-refractivity contribution in [3.63, 3.8) is 0 Å². The molecule has 0 spiro atoms. The van der Waals surface area contributed by atoms with Gasteiger partial charge in [-0.2, -0.15) is 0 Å². The average molecular weight is 210 g/mol. The van der Waals surface area contributed by atoms with Gasteiger partial charge in [0.15, 0.2) is 0 Å². The van der Waals surface area contributed by atoms with Gasteiger partial charge in [-0.05, 0) is 6.92 Å². The van der Waals surface area contributed by atoms with Crippen molar-refractivity contribution >= 4 is 5.91 Å². The van der Waals surface area contributed by atoms with Crippen LogP contribution in [0.5, 0.6) is 0 Å². The summed E-state index contributed by atoms with van der Waals surface area (Å²) in [6.07, 6.45) is 3.60. The van der Waals surface area contributed by atoms with E-state index in [1.807, 2.05) is 6.92 Å². The van der Waals surface area contributed by atoms with Crippen LogP contribution >= 0.6 is 0 Å². The summed E-state index contributed by atoms with van der Waals surface area (Å²) in [4.78, 5) is 18.5. The molecular weight excluding hydrogens is 196 g/mol. The zero-order valence-corrected chi connectivity index (χ0v) is 8.42. The fourth-order valence-electron chi connectivity index (χ4n) is 1.03. The highest BCUT2D eigenvalue weighted by molar-refractivity contribution is 5.78. The van der Waals surface area contributed by atoms with Crippen LogP contribution in [-0.4, -0.2) is 33.6 Å². The lowest BCUT2D eigenvalue weighted by atomic mass is 10.2. The fraction of sp³-hybridized carbons (Fsp3) is 0.444. The summed E-state index contributed by atoms with van der Waals surface area (Å²) in [7, 11) is 0. The van der Waals surface area contributed by atoms with Crippen LogP contribution in [-0.2, 0) is 4.79 Å². The van der Waals surface area contributed by atoms with Gasteiger partial charge in [0.1, 0.15) is 6.10 Å². The zero-order chi connectivity index (χ0) is 11.3. The van der Waals surface area contributed by atoms with Crippen molar-refractivity contribution in [2.75, 3.05) is 6.54 Å². The van der Waals surface area contributed by atoms with Crippen molar-refractivity contribution in [3.05, 3.63) is 24.3 Å². The molecule has 15 heavy (non-hydrogen) atoms. The smallest absolute Gasteiger partial charge is 0.247 e. The summed E-state index contributed by atoms with van der Waals surface area (Å²) in [5, 5.41) is 12.1. The van der Waals surface area contributed by atoms with Gasteiger partial charge in [-0.1, -0.05) is 0 Å². The lowest BCUT2D eigenvalue weighted by molar-refractivity contribution is -0.125. The molecule has 0 aliphatic heterocycles. The van der Waals surface area contributed by atoms with Crippen molar-refractivity contribution in [1.29, 1.82) is 0 Å². The van der Waals surface area contributed by atoms with Gasteiger partial charge in [-0.3, -0.25) is 14.8 Å². The summed E-state index contributed by atoms with van der Waals surface area (Å²) in [6, 6.07) is -0.0901. The second-order valence-corrected chi connectivity index (χ2v) is 3.18. The van der Waals surface area contributed by atoms with E-state index in [2.05, 4.69) is 15.3 Å². The Bertz CT molecular complexity index is 317. The maximum atomic E-state index is 10.6. The van der Waals surface area contributed by atoms with E-state index >= 15 is 0 Å². The van der Waals surface area contributed by atoms with Crippen LogP contribution in [0.4, 0.5) is 0 Å². The Labute approximate surface area is 87.5 Å². The molecule has 2 unspecified atom stereocenters. The van der Waals surface area contributed by atoms with E-state index < -0.39 is 12.0 Å². The first-order chi connectivity index (χ1) is 7.11. The molecule has 0 fully saturated rings. The van der Waals surface area contributed by atoms with Gasteiger partial charge < -0.3 is 16.2 Å². The minimum Gasteiger partial charge on any atom is -0.382 e. The maximum absolute atomic E-state index is 10.6. The highest BCUT2D eigenvalue weighted by atomic mass is 16.3. The van der Waals surface area contributed by atoms with E-state index in [4.69, 9.17) is 10.8 Å². The van der Waals surface area contributed by atoms with E-state index in [9.17, 15) is 4.79 Å². The third kappa shape index (κ3) is 3.61. The molecule has 4 N–H and O–H groups in total. The van der Waals surface area contributed by atoms with Crippen molar-refractivity contribution in [1.82, 2.24) is 15.3 Å². The monoisotopic (exact) mass is 210 g/mol.